The van der Waals surface area contributed by atoms with Gasteiger partial charge in [-0.3, -0.25) is 0 Å². The number of sulfonamides is 1. The van der Waals surface area contributed by atoms with Crippen molar-refractivity contribution >= 4 is 49.0 Å². The summed E-state index contributed by atoms with van der Waals surface area (Å²) in [5.74, 6) is -0.0787. The smallest absolute Gasteiger partial charge is 0.347 e. The predicted octanol–water partition coefficient (Wildman–Crippen LogP) is 6.28. The van der Waals surface area contributed by atoms with Crippen molar-refractivity contribution in [1.29, 1.82) is 0 Å². The molecule has 0 spiro atoms. The van der Waals surface area contributed by atoms with Crippen LogP contribution in [0.25, 0.3) is 10.1 Å². The van der Waals surface area contributed by atoms with Crippen LogP contribution < -0.4 is 9.47 Å². The zero-order valence-corrected chi connectivity index (χ0v) is 23.7. The van der Waals surface area contributed by atoms with E-state index in [-0.39, 0.29) is 6.54 Å². The monoisotopic (exact) mass is 553 g/mol. The van der Waals surface area contributed by atoms with Gasteiger partial charge in [0.05, 0.1) is 6.54 Å². The van der Waals surface area contributed by atoms with Crippen LogP contribution in [0.1, 0.15) is 45.2 Å². The van der Waals surface area contributed by atoms with Gasteiger partial charge in [-0.05, 0) is 94.0 Å². The van der Waals surface area contributed by atoms with Gasteiger partial charge in [0.15, 0.2) is 5.60 Å². The number of aliphatic carboxylic acids is 1. The minimum atomic E-state index is -3.75. The Balaban J connectivity index is 1.79. The number of halogens is 1. The summed E-state index contributed by atoms with van der Waals surface area (Å²) in [6.45, 7) is 10.9. The first-order valence-electron chi connectivity index (χ1n) is 11.6. The Labute approximate surface area is 221 Å². The summed E-state index contributed by atoms with van der Waals surface area (Å²) in [7, 11) is -3.75. The van der Waals surface area contributed by atoms with Gasteiger partial charge in [0.25, 0.3) is 10.0 Å². The van der Waals surface area contributed by atoms with E-state index in [1.165, 1.54) is 29.5 Å². The van der Waals surface area contributed by atoms with Gasteiger partial charge in [-0.1, -0.05) is 18.5 Å². The number of fused-ring (bicyclic) bond motifs is 1. The van der Waals surface area contributed by atoms with E-state index in [1.54, 1.807) is 37.3 Å². The highest BCUT2D eigenvalue weighted by atomic mass is 35.5. The summed E-state index contributed by atoms with van der Waals surface area (Å²) < 4.78 is 41.7. The average molecular weight is 554 g/mol. The van der Waals surface area contributed by atoms with Crippen LogP contribution in [0.15, 0.2) is 40.6 Å². The fourth-order valence-electron chi connectivity index (χ4n) is 3.78. The van der Waals surface area contributed by atoms with E-state index in [9.17, 15) is 18.3 Å². The standard InChI is InChI=1S/C26H32ClNO6S2/c1-7-12-28(36(31,32)24-18(4)21-14-19(27)8-11-23(21)35-24)15-17(3)33-20-9-10-22(16(2)13-20)34-26(5,6)25(29)30/h8-11,13-14,17H,7,12,15H2,1-6H3,(H,29,30). The molecule has 3 aromatic rings. The first kappa shape index (κ1) is 28.2. The molecular weight excluding hydrogens is 522 g/mol. The number of carboxylic acid groups (broad SMARTS) is 1. The fraction of sp³-hybridized carbons (Fsp3) is 0.423. The van der Waals surface area contributed by atoms with Crippen LogP contribution in [-0.2, 0) is 14.8 Å². The molecule has 196 valence electrons. The number of ether oxygens (including phenoxy) is 2. The van der Waals surface area contributed by atoms with E-state index >= 15 is 0 Å². The third-order valence-corrected chi connectivity index (χ3v) is 9.70. The van der Waals surface area contributed by atoms with E-state index in [0.717, 1.165) is 10.1 Å². The van der Waals surface area contributed by atoms with Gasteiger partial charge in [-0.25, -0.2) is 13.2 Å². The molecule has 0 saturated heterocycles. The Morgan fingerprint density at radius 3 is 2.50 bits per heavy atom. The molecule has 10 heteroatoms. The van der Waals surface area contributed by atoms with Crippen molar-refractivity contribution in [2.45, 2.75) is 63.9 Å². The lowest BCUT2D eigenvalue weighted by Gasteiger charge is -2.26. The van der Waals surface area contributed by atoms with Gasteiger partial charge < -0.3 is 14.6 Å². The number of benzene rings is 2. The van der Waals surface area contributed by atoms with Crippen molar-refractivity contribution in [1.82, 2.24) is 4.31 Å². The van der Waals surface area contributed by atoms with Crippen molar-refractivity contribution in [2.24, 2.45) is 0 Å². The summed E-state index contributed by atoms with van der Waals surface area (Å²) in [6, 6.07) is 10.5. The Morgan fingerprint density at radius 1 is 1.19 bits per heavy atom. The van der Waals surface area contributed by atoms with Gasteiger partial charge in [-0.15, -0.1) is 11.3 Å². The molecule has 0 aliphatic heterocycles. The predicted molar refractivity (Wildman–Crippen MR) is 144 cm³/mol. The molecule has 0 bridgehead atoms. The van der Waals surface area contributed by atoms with E-state index < -0.39 is 27.7 Å². The van der Waals surface area contributed by atoms with E-state index in [1.807, 2.05) is 26.8 Å². The maximum absolute atomic E-state index is 13.7. The summed E-state index contributed by atoms with van der Waals surface area (Å²) in [5.41, 5.74) is 0.0418. The lowest BCUT2D eigenvalue weighted by atomic mass is 10.1. The Hall–Kier alpha value is -2.33. The number of carboxylic acids is 1. The number of aryl methyl sites for hydroxylation is 2. The van der Waals surface area contributed by atoms with Crippen LogP contribution in [0, 0.1) is 13.8 Å². The van der Waals surface area contributed by atoms with Crippen LogP contribution >= 0.6 is 22.9 Å². The second-order valence-corrected chi connectivity index (χ2v) is 12.9. The largest absolute Gasteiger partial charge is 0.489 e. The quantitative estimate of drug-likeness (QED) is 0.300. The normalized spacial score (nSPS) is 13.2. The van der Waals surface area contributed by atoms with E-state index in [4.69, 9.17) is 21.1 Å². The molecule has 1 N–H and O–H groups in total. The second kappa shape index (κ2) is 11.0. The van der Waals surface area contributed by atoms with E-state index in [0.29, 0.717) is 44.8 Å². The first-order chi connectivity index (χ1) is 16.8. The third kappa shape index (κ3) is 6.14. The van der Waals surface area contributed by atoms with Crippen molar-refractivity contribution in [2.75, 3.05) is 13.1 Å². The van der Waals surface area contributed by atoms with Crippen molar-refractivity contribution in [3.8, 4) is 11.5 Å². The molecule has 0 radical (unpaired) electrons. The molecule has 1 unspecified atom stereocenters. The Bertz CT molecular complexity index is 1370. The fourth-order valence-corrected chi connectivity index (χ4v) is 7.44. The van der Waals surface area contributed by atoms with Crippen molar-refractivity contribution < 1.29 is 27.8 Å². The average Bonchev–Trinajstić information content (AvgIpc) is 3.11. The van der Waals surface area contributed by atoms with Crippen molar-refractivity contribution in [3.05, 3.63) is 52.5 Å². The molecule has 1 atom stereocenters. The second-order valence-electron chi connectivity index (χ2n) is 9.29. The van der Waals surface area contributed by atoms with Gasteiger partial charge in [0.1, 0.15) is 21.8 Å². The zero-order chi connectivity index (χ0) is 26.8. The number of hydrogen-bond donors (Lipinski definition) is 1. The molecule has 0 saturated carbocycles. The van der Waals surface area contributed by atoms with Crippen molar-refractivity contribution in [3.63, 3.8) is 0 Å². The van der Waals surface area contributed by atoms with Crippen LogP contribution in [-0.4, -0.2) is 48.6 Å². The molecule has 1 aromatic heterocycles. The Morgan fingerprint density at radius 2 is 1.89 bits per heavy atom. The van der Waals surface area contributed by atoms with Crippen LogP contribution in [0.4, 0.5) is 0 Å². The molecule has 3 rings (SSSR count). The van der Waals surface area contributed by atoms with Gasteiger partial charge >= 0.3 is 5.97 Å². The maximum atomic E-state index is 13.7. The molecule has 0 fully saturated rings. The minimum absolute atomic E-state index is 0.175. The number of nitrogens with zero attached hydrogens (tertiary/aromatic N) is 1. The van der Waals surface area contributed by atoms with Crippen LogP contribution in [0.3, 0.4) is 0 Å². The molecular formula is C26H32ClNO6S2. The minimum Gasteiger partial charge on any atom is -0.489 e. The summed E-state index contributed by atoms with van der Waals surface area (Å²) >= 11 is 7.38. The number of rotatable bonds is 11. The van der Waals surface area contributed by atoms with Crippen LogP contribution in [0.2, 0.25) is 5.02 Å². The molecule has 1 heterocycles. The molecule has 2 aromatic carbocycles. The van der Waals surface area contributed by atoms with Gasteiger partial charge in [-0.2, -0.15) is 4.31 Å². The van der Waals surface area contributed by atoms with Gasteiger partial charge in [0.2, 0.25) is 0 Å². The number of thiophene rings is 1. The third-order valence-electron chi connectivity index (χ3n) is 5.73. The summed E-state index contributed by atoms with van der Waals surface area (Å²) in [5, 5.41) is 10.7. The molecule has 0 aliphatic carbocycles. The highest BCUT2D eigenvalue weighted by Gasteiger charge is 2.31. The highest BCUT2D eigenvalue weighted by Crippen LogP contribution is 2.37. The Kier molecular flexibility index (Phi) is 8.60. The molecule has 0 amide bonds. The van der Waals surface area contributed by atoms with Crippen LogP contribution in [0.5, 0.6) is 11.5 Å². The highest BCUT2D eigenvalue weighted by molar-refractivity contribution is 7.91. The van der Waals surface area contributed by atoms with E-state index in [2.05, 4.69) is 0 Å². The number of hydrogen-bond acceptors (Lipinski definition) is 6. The lowest BCUT2D eigenvalue weighted by Crippen LogP contribution is -2.39. The molecule has 36 heavy (non-hydrogen) atoms. The number of carbonyl (C=O) groups is 1. The first-order valence-corrected chi connectivity index (χ1v) is 14.3. The molecule has 7 nitrogen and oxygen atoms in total. The summed E-state index contributed by atoms with van der Waals surface area (Å²) in [4.78, 5) is 11.4. The topological polar surface area (TPSA) is 93.1 Å². The SMILES string of the molecule is CCCN(CC(C)Oc1ccc(OC(C)(C)C(=O)O)c(C)c1)S(=O)(=O)c1sc2ccc(Cl)cc2c1C. The molecule has 0 aliphatic rings. The van der Waals surface area contributed by atoms with Gasteiger partial charge in [0, 0.05) is 16.3 Å². The maximum Gasteiger partial charge on any atom is 0.347 e. The zero-order valence-electron chi connectivity index (χ0n) is 21.3. The lowest BCUT2D eigenvalue weighted by molar-refractivity contribution is -0.152. The summed E-state index contributed by atoms with van der Waals surface area (Å²) in [6.07, 6.45) is 0.226.